The minimum atomic E-state index is -0.743. The number of alkyl halides is 2. The number of hydrogen-bond donors (Lipinski definition) is 1. The van der Waals surface area contributed by atoms with Crippen molar-refractivity contribution < 1.29 is 9.90 Å². The highest BCUT2D eigenvalue weighted by Crippen LogP contribution is 2.16. The molecule has 0 spiro atoms. The quantitative estimate of drug-likeness (QED) is 0.655. The van der Waals surface area contributed by atoms with Crippen LogP contribution in [0.5, 0.6) is 0 Å². The number of nitrogens with zero attached hydrogens (tertiary/aromatic N) is 1. The molecule has 1 aromatic carbocycles. The molecule has 0 aliphatic carbocycles. The Morgan fingerprint density at radius 3 is 2.10 bits per heavy atom. The average Bonchev–Trinajstić information content (AvgIpc) is 2.39. The minimum absolute atomic E-state index is 0. The van der Waals surface area contributed by atoms with E-state index in [-0.39, 0.29) is 23.4 Å². The lowest BCUT2D eigenvalue weighted by Gasteiger charge is -2.23. The Bertz CT molecular complexity index is 381. The number of rotatable bonds is 9. The molecule has 1 N–H and O–H groups in total. The monoisotopic (exact) mass is 383 g/mol. The Morgan fingerprint density at radius 2 is 1.65 bits per heavy atom. The van der Waals surface area contributed by atoms with E-state index in [1.165, 1.54) is 0 Å². The summed E-state index contributed by atoms with van der Waals surface area (Å²) in [6.45, 7) is 1.54. The normalized spacial score (nSPS) is 9.90. The van der Waals surface area contributed by atoms with Crippen LogP contribution in [0.4, 0.5) is 5.69 Å². The summed E-state index contributed by atoms with van der Waals surface area (Å²) in [5.41, 5.74) is 2.25. The number of halogens is 3. The largest absolute Gasteiger partial charge is 0.481 e. The number of aryl methyl sites for hydroxylation is 1. The van der Waals surface area contributed by atoms with Gasteiger partial charge in [-0.25, -0.2) is 0 Å². The van der Waals surface area contributed by atoms with Gasteiger partial charge in [-0.05, 0) is 30.5 Å². The van der Waals surface area contributed by atoms with E-state index >= 15 is 0 Å². The van der Waals surface area contributed by atoms with Gasteiger partial charge in [-0.1, -0.05) is 12.1 Å². The molecule has 6 heteroatoms. The lowest BCUT2D eigenvalue weighted by Crippen LogP contribution is -2.27. The second kappa shape index (κ2) is 11.2. The zero-order chi connectivity index (χ0) is 14.1. The summed E-state index contributed by atoms with van der Waals surface area (Å²) < 4.78 is 0. The fraction of sp³-hybridized carbons (Fsp3) is 0.500. The molecule has 20 heavy (non-hydrogen) atoms. The summed E-state index contributed by atoms with van der Waals surface area (Å²) >= 11 is 11.5. The van der Waals surface area contributed by atoms with Crippen molar-refractivity contribution in [3.8, 4) is 0 Å². The first-order chi connectivity index (χ1) is 9.17. The van der Waals surface area contributed by atoms with Crippen LogP contribution in [0.3, 0.4) is 0 Å². The van der Waals surface area contributed by atoms with Gasteiger partial charge < -0.3 is 10.0 Å². The minimum Gasteiger partial charge on any atom is -0.481 e. The van der Waals surface area contributed by atoms with E-state index < -0.39 is 5.97 Å². The molecule has 0 aliphatic heterocycles. The summed E-state index contributed by atoms with van der Waals surface area (Å²) in [7, 11) is 0. The van der Waals surface area contributed by atoms with Crippen molar-refractivity contribution in [1.29, 1.82) is 0 Å². The molecule has 0 unspecified atom stereocenters. The molecule has 0 amide bonds. The van der Waals surface area contributed by atoms with Crippen LogP contribution < -0.4 is 4.90 Å². The fourth-order valence-corrected chi connectivity index (χ4v) is 2.30. The van der Waals surface area contributed by atoms with Gasteiger partial charge in [0.15, 0.2) is 0 Å². The van der Waals surface area contributed by atoms with Gasteiger partial charge in [0.1, 0.15) is 0 Å². The van der Waals surface area contributed by atoms with Crippen molar-refractivity contribution in [2.75, 3.05) is 29.7 Å². The first-order valence-electron chi connectivity index (χ1n) is 6.35. The zero-order valence-electron chi connectivity index (χ0n) is 11.2. The molecule has 0 saturated carbocycles. The van der Waals surface area contributed by atoms with Crippen LogP contribution in [0.15, 0.2) is 24.3 Å². The van der Waals surface area contributed by atoms with E-state index in [9.17, 15) is 4.79 Å². The number of carboxylic acids is 1. The summed E-state index contributed by atoms with van der Waals surface area (Å²) in [6, 6.07) is 8.14. The number of carbonyl (C=O) groups is 1. The Morgan fingerprint density at radius 1 is 1.10 bits per heavy atom. The Hall–Kier alpha value is -0.450. The van der Waals surface area contributed by atoms with Crippen LogP contribution in [0.25, 0.3) is 0 Å². The molecule has 0 heterocycles. The van der Waals surface area contributed by atoms with Crippen molar-refractivity contribution in [1.82, 2.24) is 0 Å². The third-order valence-corrected chi connectivity index (χ3v) is 3.20. The van der Waals surface area contributed by atoms with Gasteiger partial charge in [0, 0.05) is 37.0 Å². The van der Waals surface area contributed by atoms with Gasteiger partial charge in [0.25, 0.3) is 0 Å². The predicted molar refractivity (Wildman–Crippen MR) is 91.0 cm³/mol. The fourth-order valence-electron chi connectivity index (χ4n) is 1.89. The standard InChI is InChI=1S/C14H19Cl2NO2.BrH/c15-8-10-17(11-9-16)13-6-4-12(5-7-13)2-1-3-14(18)19;/h4-7H,1-3,8-11H2,(H,18,19);1H. The molecule has 0 saturated heterocycles. The molecular formula is C14H20BrCl2NO2. The van der Waals surface area contributed by atoms with E-state index in [2.05, 4.69) is 4.90 Å². The predicted octanol–water partition coefficient (Wildman–Crippen LogP) is 3.96. The Kier molecular flexibility index (Phi) is 11.0. The third-order valence-electron chi connectivity index (χ3n) is 2.87. The highest BCUT2D eigenvalue weighted by atomic mass is 79.9. The van der Waals surface area contributed by atoms with E-state index in [1.807, 2.05) is 24.3 Å². The molecule has 1 rings (SSSR count). The van der Waals surface area contributed by atoms with Crippen LogP contribution in [-0.4, -0.2) is 35.9 Å². The van der Waals surface area contributed by atoms with E-state index in [0.717, 1.165) is 30.8 Å². The second-order valence-electron chi connectivity index (χ2n) is 4.28. The summed E-state index contributed by atoms with van der Waals surface area (Å²) in [6.07, 6.45) is 1.67. The molecule has 0 atom stereocenters. The number of carboxylic acid groups (broad SMARTS) is 1. The topological polar surface area (TPSA) is 40.5 Å². The number of benzene rings is 1. The zero-order valence-corrected chi connectivity index (χ0v) is 14.5. The first kappa shape index (κ1) is 19.6. The van der Waals surface area contributed by atoms with Crippen LogP contribution in [-0.2, 0) is 11.2 Å². The van der Waals surface area contributed by atoms with Crippen molar-refractivity contribution in [2.24, 2.45) is 0 Å². The SMILES string of the molecule is Br.O=C(O)CCCc1ccc(N(CCCl)CCCl)cc1. The molecule has 0 aromatic heterocycles. The maximum atomic E-state index is 10.4. The average molecular weight is 385 g/mol. The molecule has 0 fully saturated rings. The Balaban J connectivity index is 0.00000361. The summed E-state index contributed by atoms with van der Waals surface area (Å²) in [5.74, 6) is 0.390. The van der Waals surface area contributed by atoms with Crippen LogP contribution >= 0.6 is 40.2 Å². The van der Waals surface area contributed by atoms with E-state index in [4.69, 9.17) is 28.3 Å². The molecule has 3 nitrogen and oxygen atoms in total. The van der Waals surface area contributed by atoms with Gasteiger partial charge in [0.2, 0.25) is 0 Å². The number of anilines is 1. The van der Waals surface area contributed by atoms with Crippen molar-refractivity contribution in [2.45, 2.75) is 19.3 Å². The highest BCUT2D eigenvalue weighted by Gasteiger charge is 2.05. The first-order valence-corrected chi connectivity index (χ1v) is 7.42. The smallest absolute Gasteiger partial charge is 0.303 e. The highest BCUT2D eigenvalue weighted by molar-refractivity contribution is 8.93. The van der Waals surface area contributed by atoms with E-state index in [0.29, 0.717) is 18.2 Å². The van der Waals surface area contributed by atoms with Crippen LogP contribution in [0.2, 0.25) is 0 Å². The molecule has 1 aromatic rings. The molecule has 0 aliphatic rings. The number of hydrogen-bond acceptors (Lipinski definition) is 2. The summed E-state index contributed by atoms with van der Waals surface area (Å²) in [5, 5.41) is 8.59. The van der Waals surface area contributed by atoms with Gasteiger partial charge >= 0.3 is 5.97 Å². The van der Waals surface area contributed by atoms with Gasteiger partial charge in [-0.15, -0.1) is 40.2 Å². The maximum absolute atomic E-state index is 10.4. The van der Waals surface area contributed by atoms with Crippen molar-refractivity contribution in [3.63, 3.8) is 0 Å². The van der Waals surface area contributed by atoms with Crippen LogP contribution in [0, 0.1) is 0 Å². The summed E-state index contributed by atoms with van der Waals surface area (Å²) in [4.78, 5) is 12.6. The van der Waals surface area contributed by atoms with E-state index in [1.54, 1.807) is 0 Å². The van der Waals surface area contributed by atoms with Crippen molar-refractivity contribution >= 4 is 51.8 Å². The second-order valence-corrected chi connectivity index (χ2v) is 5.03. The Labute approximate surface area is 140 Å². The van der Waals surface area contributed by atoms with Gasteiger partial charge in [0.05, 0.1) is 0 Å². The number of aliphatic carboxylic acids is 1. The van der Waals surface area contributed by atoms with Crippen LogP contribution in [0.1, 0.15) is 18.4 Å². The lowest BCUT2D eigenvalue weighted by molar-refractivity contribution is -0.137. The van der Waals surface area contributed by atoms with Gasteiger partial charge in [-0.2, -0.15) is 0 Å². The maximum Gasteiger partial charge on any atom is 0.303 e. The third kappa shape index (κ3) is 7.36. The molecule has 114 valence electrons. The molecule has 0 radical (unpaired) electrons. The lowest BCUT2D eigenvalue weighted by atomic mass is 10.1. The molecular weight excluding hydrogens is 365 g/mol. The molecule has 0 bridgehead atoms. The van der Waals surface area contributed by atoms with Gasteiger partial charge in [-0.3, -0.25) is 4.79 Å². The van der Waals surface area contributed by atoms with Crippen molar-refractivity contribution in [3.05, 3.63) is 29.8 Å².